The Hall–Kier alpha value is -2.89. The molecule has 0 unspecified atom stereocenters. The zero-order chi connectivity index (χ0) is 21.9. The van der Waals surface area contributed by atoms with Crippen molar-refractivity contribution in [2.75, 3.05) is 6.54 Å². The Balaban J connectivity index is 4.95. The third-order valence-corrected chi connectivity index (χ3v) is 3.75. The number of carbonyl (C=O) groups is 4. The van der Waals surface area contributed by atoms with Crippen LogP contribution in [-0.4, -0.2) is 54.3 Å². The van der Waals surface area contributed by atoms with Gasteiger partial charge in [-0.15, -0.1) is 0 Å². The van der Waals surface area contributed by atoms with Crippen LogP contribution in [0.15, 0.2) is 0 Å². The van der Waals surface area contributed by atoms with Crippen molar-refractivity contribution in [1.82, 2.24) is 16.0 Å². The van der Waals surface area contributed by atoms with Crippen LogP contribution in [0.2, 0.25) is 0 Å². The highest BCUT2D eigenvalue weighted by molar-refractivity contribution is 5.95. The highest BCUT2D eigenvalue weighted by Crippen LogP contribution is 2.04. The van der Waals surface area contributed by atoms with E-state index in [1.807, 2.05) is 13.8 Å². The fourth-order valence-corrected chi connectivity index (χ4v) is 2.39. The molecule has 0 rings (SSSR count). The Morgan fingerprint density at radius 1 is 0.964 bits per heavy atom. The first-order chi connectivity index (χ1) is 12.9. The van der Waals surface area contributed by atoms with E-state index in [1.165, 1.54) is 0 Å². The molecule has 0 aliphatic rings. The van der Waals surface area contributed by atoms with E-state index in [2.05, 4.69) is 16.0 Å². The second-order valence-corrected chi connectivity index (χ2v) is 6.91. The van der Waals surface area contributed by atoms with Gasteiger partial charge in [0.25, 0.3) is 0 Å². The lowest BCUT2D eigenvalue weighted by Gasteiger charge is -2.23. The van der Waals surface area contributed by atoms with Crippen LogP contribution < -0.4 is 38.9 Å². The molecule has 12 heteroatoms. The summed E-state index contributed by atoms with van der Waals surface area (Å²) in [6.07, 6.45) is 0.498. The predicted molar refractivity (Wildman–Crippen MR) is 103 cm³/mol. The lowest BCUT2D eigenvalue weighted by molar-refractivity contribution is -0.133. The summed E-state index contributed by atoms with van der Waals surface area (Å²) in [5.74, 6) is -3.02. The van der Waals surface area contributed by atoms with Crippen molar-refractivity contribution >= 4 is 29.6 Å². The van der Waals surface area contributed by atoms with Crippen LogP contribution in [0.3, 0.4) is 0 Å². The quantitative estimate of drug-likeness (QED) is 0.0902. The fraction of sp³-hybridized carbons (Fsp3) is 0.688. The molecule has 0 fully saturated rings. The van der Waals surface area contributed by atoms with E-state index in [-0.39, 0.29) is 18.3 Å². The molecule has 12 N–H and O–H groups in total. The summed E-state index contributed by atoms with van der Waals surface area (Å²) in [5.41, 5.74) is 21.4. The first-order valence-corrected chi connectivity index (χ1v) is 8.95. The molecule has 0 radical (unpaired) electrons. The van der Waals surface area contributed by atoms with Gasteiger partial charge in [0, 0.05) is 6.54 Å². The average Bonchev–Trinajstić information content (AvgIpc) is 2.55. The second kappa shape index (κ2) is 12.5. The van der Waals surface area contributed by atoms with Crippen LogP contribution in [0, 0.1) is 11.3 Å². The molecule has 0 saturated heterocycles. The Morgan fingerprint density at radius 2 is 1.54 bits per heavy atom. The summed E-state index contributed by atoms with van der Waals surface area (Å²) < 4.78 is 0. The number of hydrogen-bond acceptors (Lipinski definition) is 6. The summed E-state index contributed by atoms with van der Waals surface area (Å²) in [6, 6.07) is -3.16. The normalized spacial score (nSPS) is 13.9. The molecule has 0 aromatic carbocycles. The Kier molecular flexibility index (Phi) is 11.2. The molecule has 0 saturated carbocycles. The summed E-state index contributed by atoms with van der Waals surface area (Å²) >= 11 is 0. The molecule has 3 atom stereocenters. The fourth-order valence-electron chi connectivity index (χ4n) is 2.39. The molecule has 0 spiro atoms. The third kappa shape index (κ3) is 11.0. The van der Waals surface area contributed by atoms with Crippen molar-refractivity contribution in [2.24, 2.45) is 28.9 Å². The van der Waals surface area contributed by atoms with Crippen LogP contribution in [-0.2, 0) is 19.2 Å². The summed E-state index contributed by atoms with van der Waals surface area (Å²) in [5, 5.41) is 14.4. The van der Waals surface area contributed by atoms with Crippen LogP contribution in [0.4, 0.5) is 0 Å². The largest absolute Gasteiger partial charge is 0.370 e. The Morgan fingerprint density at radius 3 is 2.00 bits per heavy atom. The van der Waals surface area contributed by atoms with Crippen LogP contribution in [0.5, 0.6) is 0 Å². The Labute approximate surface area is 164 Å². The molecule has 0 aromatic heterocycles. The minimum absolute atomic E-state index is 0.159. The minimum Gasteiger partial charge on any atom is -0.370 e. The van der Waals surface area contributed by atoms with Gasteiger partial charge in [0.05, 0.1) is 12.5 Å². The highest BCUT2D eigenvalue weighted by Gasteiger charge is 2.28. The maximum atomic E-state index is 12.5. The maximum absolute atomic E-state index is 12.5. The minimum atomic E-state index is -1.28. The van der Waals surface area contributed by atoms with Gasteiger partial charge in [-0.1, -0.05) is 13.8 Å². The van der Waals surface area contributed by atoms with Gasteiger partial charge in [-0.2, -0.15) is 0 Å². The SMILES string of the molecule is CC(C)C[C@H](N)C(=O)N[C@@H](CC(N)=O)C(=O)N[C@@H](CCCNC(=N)N)C(N)=O. The Bertz CT molecular complexity index is 581. The number of amides is 4. The van der Waals surface area contributed by atoms with Crippen LogP contribution >= 0.6 is 0 Å². The van der Waals surface area contributed by atoms with Crippen LogP contribution in [0.25, 0.3) is 0 Å². The van der Waals surface area contributed by atoms with Crippen molar-refractivity contribution in [2.45, 2.75) is 57.7 Å². The molecule has 0 aromatic rings. The van der Waals surface area contributed by atoms with E-state index >= 15 is 0 Å². The highest BCUT2D eigenvalue weighted by atomic mass is 16.2. The van der Waals surface area contributed by atoms with Crippen molar-refractivity contribution < 1.29 is 19.2 Å². The number of carbonyl (C=O) groups excluding carboxylic acids is 4. The van der Waals surface area contributed by atoms with Gasteiger partial charge in [0.2, 0.25) is 23.6 Å². The molecule has 160 valence electrons. The van der Waals surface area contributed by atoms with Gasteiger partial charge < -0.3 is 38.9 Å². The van der Waals surface area contributed by atoms with Gasteiger partial charge in [-0.25, -0.2) is 0 Å². The molecule has 28 heavy (non-hydrogen) atoms. The molecule has 0 aliphatic carbocycles. The van der Waals surface area contributed by atoms with Crippen molar-refractivity contribution in [1.29, 1.82) is 5.41 Å². The van der Waals surface area contributed by atoms with Crippen molar-refractivity contribution in [3.05, 3.63) is 0 Å². The first kappa shape index (κ1) is 25.1. The van der Waals surface area contributed by atoms with Crippen LogP contribution in [0.1, 0.15) is 39.5 Å². The topological polar surface area (TPSA) is 232 Å². The number of primary amides is 2. The first-order valence-electron chi connectivity index (χ1n) is 8.95. The molecule has 0 heterocycles. The van der Waals surface area contributed by atoms with E-state index in [0.717, 1.165) is 0 Å². The number of rotatable bonds is 13. The van der Waals surface area contributed by atoms with E-state index in [0.29, 0.717) is 19.4 Å². The lowest BCUT2D eigenvalue weighted by atomic mass is 10.0. The standard InChI is InChI=1S/C16H32N8O4/c1-8(2)6-9(17)14(27)24-11(7-12(18)25)15(28)23-10(13(19)26)4-3-5-22-16(20)21/h8-11H,3-7,17H2,1-2H3,(H2,18,25)(H2,19,26)(H,23,28)(H,24,27)(H4,20,21,22)/t9-,10-,11-/m0/s1. The summed E-state index contributed by atoms with van der Waals surface area (Å²) in [4.78, 5) is 47.5. The van der Waals surface area contributed by atoms with E-state index in [1.54, 1.807) is 0 Å². The average molecular weight is 400 g/mol. The summed E-state index contributed by atoms with van der Waals surface area (Å²) in [6.45, 7) is 4.08. The molecular weight excluding hydrogens is 368 g/mol. The monoisotopic (exact) mass is 400 g/mol. The van der Waals surface area contributed by atoms with E-state index < -0.39 is 48.2 Å². The summed E-state index contributed by atoms with van der Waals surface area (Å²) in [7, 11) is 0. The van der Waals surface area contributed by atoms with Gasteiger partial charge in [0.15, 0.2) is 5.96 Å². The molecule has 0 bridgehead atoms. The lowest BCUT2D eigenvalue weighted by Crippen LogP contribution is -2.56. The number of nitrogens with one attached hydrogen (secondary N) is 4. The van der Waals surface area contributed by atoms with Gasteiger partial charge in [-0.05, 0) is 25.2 Å². The molecule has 0 aliphatic heterocycles. The van der Waals surface area contributed by atoms with Crippen molar-refractivity contribution in [3.63, 3.8) is 0 Å². The van der Waals surface area contributed by atoms with Crippen molar-refractivity contribution in [3.8, 4) is 0 Å². The van der Waals surface area contributed by atoms with Gasteiger partial charge in [-0.3, -0.25) is 24.6 Å². The molecular formula is C16H32N8O4. The second-order valence-electron chi connectivity index (χ2n) is 6.91. The zero-order valence-electron chi connectivity index (χ0n) is 16.3. The number of guanidine groups is 1. The molecule has 12 nitrogen and oxygen atoms in total. The van der Waals surface area contributed by atoms with E-state index in [9.17, 15) is 19.2 Å². The predicted octanol–water partition coefficient (Wildman–Crippen LogP) is -3.05. The van der Waals surface area contributed by atoms with Gasteiger partial charge >= 0.3 is 0 Å². The number of nitrogens with two attached hydrogens (primary N) is 4. The smallest absolute Gasteiger partial charge is 0.243 e. The van der Waals surface area contributed by atoms with E-state index in [4.69, 9.17) is 28.3 Å². The zero-order valence-corrected chi connectivity index (χ0v) is 16.3. The maximum Gasteiger partial charge on any atom is 0.243 e. The van der Waals surface area contributed by atoms with Gasteiger partial charge in [0.1, 0.15) is 12.1 Å². The molecule has 4 amide bonds. The number of hydrogen-bond donors (Lipinski definition) is 8. The third-order valence-electron chi connectivity index (χ3n) is 3.75.